The first kappa shape index (κ1) is 13.6. The van der Waals surface area contributed by atoms with E-state index >= 15 is 0 Å². The summed E-state index contributed by atoms with van der Waals surface area (Å²) in [5.41, 5.74) is 1.17. The Morgan fingerprint density at radius 1 is 1.53 bits per heavy atom. The molecule has 2 rings (SSSR count). The average Bonchev–Trinajstić information content (AvgIpc) is 2.84. The minimum absolute atomic E-state index is 0.0170. The van der Waals surface area contributed by atoms with Crippen molar-refractivity contribution in [1.82, 2.24) is 10.2 Å². The van der Waals surface area contributed by atoms with E-state index in [2.05, 4.69) is 28.4 Å². The Bertz CT molecular complexity index is 466. The molecule has 0 saturated carbocycles. The molecule has 0 aromatic heterocycles. The summed E-state index contributed by atoms with van der Waals surface area (Å²) in [5.74, 6) is 0.0170. The smallest absolute Gasteiger partial charge is 0.217 e. The van der Waals surface area contributed by atoms with E-state index in [4.69, 9.17) is 5.26 Å². The van der Waals surface area contributed by atoms with Crippen molar-refractivity contribution in [3.63, 3.8) is 0 Å². The highest BCUT2D eigenvalue weighted by Gasteiger charge is 2.29. The lowest BCUT2D eigenvalue weighted by Gasteiger charge is -2.26. The molecule has 2 atom stereocenters. The van der Waals surface area contributed by atoms with Gasteiger partial charge in [0, 0.05) is 32.1 Å². The van der Waals surface area contributed by atoms with E-state index in [9.17, 15) is 4.79 Å². The first-order valence-electron chi connectivity index (χ1n) is 6.63. The van der Waals surface area contributed by atoms with Crippen molar-refractivity contribution in [3.8, 4) is 6.07 Å². The number of likely N-dealkylation sites (tertiary alicyclic amines) is 1. The molecule has 4 nitrogen and oxygen atoms in total. The zero-order valence-corrected chi connectivity index (χ0v) is 11.2. The van der Waals surface area contributed by atoms with Gasteiger partial charge in [-0.15, -0.1) is 0 Å². The summed E-state index contributed by atoms with van der Waals surface area (Å²) < 4.78 is 0. The largest absolute Gasteiger partial charge is 0.352 e. The summed E-state index contributed by atoms with van der Waals surface area (Å²) in [5, 5.41) is 12.0. The quantitative estimate of drug-likeness (QED) is 0.895. The topological polar surface area (TPSA) is 56.1 Å². The lowest BCUT2D eigenvalue weighted by atomic mass is 10.0. The molecule has 100 valence electrons. The van der Waals surface area contributed by atoms with Crippen LogP contribution in [-0.4, -0.2) is 29.9 Å². The van der Waals surface area contributed by atoms with Gasteiger partial charge in [0.05, 0.1) is 12.5 Å². The molecule has 1 aromatic rings. The maximum atomic E-state index is 11.1. The lowest BCUT2D eigenvalue weighted by Crippen LogP contribution is -2.36. The van der Waals surface area contributed by atoms with Gasteiger partial charge in [0.25, 0.3) is 0 Å². The van der Waals surface area contributed by atoms with Crippen molar-refractivity contribution in [1.29, 1.82) is 5.26 Å². The molecule has 19 heavy (non-hydrogen) atoms. The molecule has 1 aliphatic rings. The highest BCUT2D eigenvalue weighted by molar-refractivity contribution is 5.73. The molecule has 1 fully saturated rings. The number of nitriles is 1. The van der Waals surface area contributed by atoms with Gasteiger partial charge in [-0.05, 0) is 12.0 Å². The molecule has 2 unspecified atom stereocenters. The Kier molecular flexibility index (Phi) is 4.53. The van der Waals surface area contributed by atoms with Gasteiger partial charge >= 0.3 is 0 Å². The normalized spacial score (nSPS) is 20.7. The number of rotatable bonds is 4. The van der Waals surface area contributed by atoms with Crippen LogP contribution in [0.1, 0.15) is 31.4 Å². The maximum absolute atomic E-state index is 11.1. The number of amides is 1. The van der Waals surface area contributed by atoms with Crippen LogP contribution in [0.15, 0.2) is 30.3 Å². The molecular formula is C15H19N3O. The van der Waals surface area contributed by atoms with Gasteiger partial charge in [0.2, 0.25) is 5.91 Å². The number of carbonyl (C=O) groups excluding carboxylic acids is 1. The summed E-state index contributed by atoms with van der Waals surface area (Å²) in [7, 11) is 0. The van der Waals surface area contributed by atoms with Crippen LogP contribution in [0.25, 0.3) is 0 Å². The SMILES string of the molecule is CC(=O)NC1CCN(C(CC#N)c2ccccc2)C1. The third-order valence-corrected chi connectivity index (χ3v) is 3.54. The summed E-state index contributed by atoms with van der Waals surface area (Å²) >= 11 is 0. The van der Waals surface area contributed by atoms with Gasteiger partial charge in [-0.1, -0.05) is 30.3 Å². The fourth-order valence-electron chi connectivity index (χ4n) is 2.70. The average molecular weight is 257 g/mol. The zero-order chi connectivity index (χ0) is 13.7. The second kappa shape index (κ2) is 6.35. The summed E-state index contributed by atoms with van der Waals surface area (Å²) in [6.45, 7) is 3.29. The second-order valence-corrected chi connectivity index (χ2v) is 4.97. The molecule has 4 heteroatoms. The predicted octanol–water partition coefficient (Wildman–Crippen LogP) is 1.85. The summed E-state index contributed by atoms with van der Waals surface area (Å²) in [6.07, 6.45) is 1.44. The summed E-state index contributed by atoms with van der Waals surface area (Å²) in [4.78, 5) is 13.4. The zero-order valence-electron chi connectivity index (χ0n) is 11.2. The molecule has 0 bridgehead atoms. The maximum Gasteiger partial charge on any atom is 0.217 e. The molecule has 1 heterocycles. The van der Waals surface area contributed by atoms with Gasteiger partial charge in [0.15, 0.2) is 0 Å². The van der Waals surface area contributed by atoms with Crippen molar-refractivity contribution < 1.29 is 4.79 Å². The van der Waals surface area contributed by atoms with Crippen LogP contribution < -0.4 is 5.32 Å². The number of hydrogen-bond donors (Lipinski definition) is 1. The van der Waals surface area contributed by atoms with Crippen molar-refractivity contribution in [3.05, 3.63) is 35.9 Å². The molecule has 1 saturated heterocycles. The van der Waals surface area contributed by atoms with E-state index in [-0.39, 0.29) is 18.0 Å². The van der Waals surface area contributed by atoms with Crippen LogP contribution >= 0.6 is 0 Å². The fraction of sp³-hybridized carbons (Fsp3) is 0.467. The van der Waals surface area contributed by atoms with Crippen LogP contribution in [0.2, 0.25) is 0 Å². The third-order valence-electron chi connectivity index (χ3n) is 3.54. The molecule has 0 radical (unpaired) electrons. The van der Waals surface area contributed by atoms with Crippen LogP contribution in [0.4, 0.5) is 0 Å². The van der Waals surface area contributed by atoms with E-state index in [1.165, 1.54) is 5.56 Å². The fourth-order valence-corrected chi connectivity index (χ4v) is 2.70. The Morgan fingerprint density at radius 2 is 2.26 bits per heavy atom. The van der Waals surface area contributed by atoms with Gasteiger partial charge in [-0.2, -0.15) is 5.26 Å². The van der Waals surface area contributed by atoms with Gasteiger partial charge in [0.1, 0.15) is 0 Å². The second-order valence-electron chi connectivity index (χ2n) is 4.97. The van der Waals surface area contributed by atoms with Crippen molar-refractivity contribution >= 4 is 5.91 Å². The number of nitrogens with one attached hydrogen (secondary N) is 1. The van der Waals surface area contributed by atoms with Crippen molar-refractivity contribution in [2.75, 3.05) is 13.1 Å². The first-order valence-corrected chi connectivity index (χ1v) is 6.63. The van der Waals surface area contributed by atoms with Crippen LogP contribution in [0.5, 0.6) is 0 Å². The van der Waals surface area contributed by atoms with E-state index in [0.717, 1.165) is 19.5 Å². The predicted molar refractivity (Wildman–Crippen MR) is 73.2 cm³/mol. The molecule has 1 aliphatic heterocycles. The van der Waals surface area contributed by atoms with Crippen LogP contribution in [0.3, 0.4) is 0 Å². The van der Waals surface area contributed by atoms with E-state index in [1.807, 2.05) is 18.2 Å². The summed E-state index contributed by atoms with van der Waals surface area (Å²) in [6, 6.07) is 12.7. The first-order chi connectivity index (χ1) is 9.20. The Balaban J connectivity index is 2.05. The highest BCUT2D eigenvalue weighted by Crippen LogP contribution is 2.27. The molecule has 1 aromatic carbocycles. The molecule has 0 aliphatic carbocycles. The number of benzene rings is 1. The monoisotopic (exact) mass is 257 g/mol. The number of carbonyl (C=O) groups is 1. The standard InChI is InChI=1S/C15H19N3O/c1-12(19)17-14-8-10-18(11-14)15(7-9-16)13-5-3-2-4-6-13/h2-6,14-15H,7-8,10-11H2,1H3,(H,17,19). The molecular weight excluding hydrogens is 238 g/mol. The van der Waals surface area contributed by atoms with E-state index in [1.54, 1.807) is 6.92 Å². The van der Waals surface area contributed by atoms with E-state index < -0.39 is 0 Å². The van der Waals surface area contributed by atoms with Crippen LogP contribution in [-0.2, 0) is 4.79 Å². The van der Waals surface area contributed by atoms with Gasteiger partial charge in [-0.3, -0.25) is 9.69 Å². The third kappa shape index (κ3) is 3.55. The molecule has 1 amide bonds. The van der Waals surface area contributed by atoms with Gasteiger partial charge in [-0.25, -0.2) is 0 Å². The Morgan fingerprint density at radius 3 is 2.89 bits per heavy atom. The molecule has 0 spiro atoms. The number of hydrogen-bond acceptors (Lipinski definition) is 3. The molecule has 1 N–H and O–H groups in total. The minimum atomic E-state index is 0.0170. The minimum Gasteiger partial charge on any atom is -0.352 e. The highest BCUT2D eigenvalue weighted by atomic mass is 16.1. The Labute approximate surface area is 114 Å². The van der Waals surface area contributed by atoms with Crippen molar-refractivity contribution in [2.45, 2.75) is 31.8 Å². The van der Waals surface area contributed by atoms with E-state index in [0.29, 0.717) is 6.42 Å². The lowest BCUT2D eigenvalue weighted by molar-refractivity contribution is -0.119. The van der Waals surface area contributed by atoms with Crippen LogP contribution in [0, 0.1) is 11.3 Å². The van der Waals surface area contributed by atoms with Crippen molar-refractivity contribution in [2.24, 2.45) is 0 Å². The Hall–Kier alpha value is -1.86. The van der Waals surface area contributed by atoms with Gasteiger partial charge < -0.3 is 5.32 Å². The number of nitrogens with zero attached hydrogens (tertiary/aromatic N) is 2.